The summed E-state index contributed by atoms with van der Waals surface area (Å²) in [5, 5.41) is 4.88. The van der Waals surface area contributed by atoms with Crippen LogP contribution in [0.2, 0.25) is 0 Å². The lowest BCUT2D eigenvalue weighted by Crippen LogP contribution is -2.42. The van der Waals surface area contributed by atoms with E-state index in [1.54, 1.807) is 0 Å². The van der Waals surface area contributed by atoms with Crippen LogP contribution in [-0.4, -0.2) is 48.8 Å². The lowest BCUT2D eigenvalue weighted by atomic mass is 10.1. The topological polar surface area (TPSA) is 37.4 Å². The maximum Gasteiger partial charge on any atom is 0.0752 e. The first-order valence-corrected chi connectivity index (χ1v) is 8.06. The summed E-state index contributed by atoms with van der Waals surface area (Å²) in [6.45, 7) is 11.3. The van der Waals surface area contributed by atoms with E-state index in [2.05, 4.69) is 54.2 Å². The molecule has 1 atom stereocenters. The minimum atomic E-state index is 0.393. The van der Waals surface area contributed by atoms with Crippen LogP contribution in [0.4, 0.5) is 5.69 Å². The number of hydrogen-bond donors (Lipinski definition) is 1. The number of ether oxygens (including phenoxy) is 1. The van der Waals surface area contributed by atoms with Crippen molar-refractivity contribution >= 4 is 16.6 Å². The molecule has 1 unspecified atom stereocenters. The summed E-state index contributed by atoms with van der Waals surface area (Å²) in [7, 11) is 0. The number of benzene rings is 1. The monoisotopic (exact) mass is 299 g/mol. The van der Waals surface area contributed by atoms with Gasteiger partial charge in [0, 0.05) is 42.9 Å². The second-order valence-electron chi connectivity index (χ2n) is 6.29. The first-order chi connectivity index (χ1) is 10.6. The molecule has 4 nitrogen and oxygen atoms in total. The summed E-state index contributed by atoms with van der Waals surface area (Å²) in [6, 6.07) is 6.89. The molecular formula is C18H25N3O. The number of anilines is 1. The average Bonchev–Trinajstić information content (AvgIpc) is 2.49. The van der Waals surface area contributed by atoms with Crippen LogP contribution in [0.15, 0.2) is 24.4 Å². The molecule has 1 aliphatic rings. The number of fused-ring (bicyclic) bond motifs is 1. The van der Waals surface area contributed by atoms with Crippen molar-refractivity contribution in [1.29, 1.82) is 0 Å². The van der Waals surface area contributed by atoms with Crippen LogP contribution in [0.3, 0.4) is 0 Å². The zero-order valence-electron chi connectivity index (χ0n) is 13.7. The predicted molar refractivity (Wildman–Crippen MR) is 91.6 cm³/mol. The molecule has 1 aliphatic heterocycles. The van der Waals surface area contributed by atoms with E-state index in [-0.39, 0.29) is 0 Å². The van der Waals surface area contributed by atoms with Gasteiger partial charge in [0.1, 0.15) is 0 Å². The van der Waals surface area contributed by atoms with E-state index in [1.807, 2.05) is 6.20 Å². The first kappa shape index (κ1) is 15.3. The molecule has 22 heavy (non-hydrogen) atoms. The minimum absolute atomic E-state index is 0.393. The molecule has 1 saturated heterocycles. The van der Waals surface area contributed by atoms with Crippen LogP contribution in [0.5, 0.6) is 0 Å². The molecule has 2 heterocycles. The van der Waals surface area contributed by atoms with Crippen molar-refractivity contribution in [2.75, 3.05) is 38.2 Å². The van der Waals surface area contributed by atoms with Gasteiger partial charge in [-0.25, -0.2) is 0 Å². The predicted octanol–water partition coefficient (Wildman–Crippen LogP) is 2.98. The van der Waals surface area contributed by atoms with Gasteiger partial charge < -0.3 is 10.1 Å². The zero-order valence-corrected chi connectivity index (χ0v) is 13.7. The van der Waals surface area contributed by atoms with Gasteiger partial charge in [-0.3, -0.25) is 9.88 Å². The Bertz CT molecular complexity index is 650. The molecule has 1 fully saturated rings. The van der Waals surface area contributed by atoms with Crippen molar-refractivity contribution in [3.63, 3.8) is 0 Å². The molecule has 1 aromatic heterocycles. The maximum absolute atomic E-state index is 5.41. The highest BCUT2D eigenvalue weighted by molar-refractivity contribution is 5.93. The molecule has 0 amide bonds. The summed E-state index contributed by atoms with van der Waals surface area (Å²) in [4.78, 5) is 7.00. The zero-order chi connectivity index (χ0) is 15.5. The van der Waals surface area contributed by atoms with E-state index in [4.69, 9.17) is 4.74 Å². The van der Waals surface area contributed by atoms with Gasteiger partial charge in [-0.2, -0.15) is 0 Å². The normalized spacial score (nSPS) is 17.6. The highest BCUT2D eigenvalue weighted by atomic mass is 16.5. The average molecular weight is 299 g/mol. The van der Waals surface area contributed by atoms with Crippen LogP contribution in [0, 0.1) is 13.8 Å². The molecule has 4 heteroatoms. The largest absolute Gasteiger partial charge is 0.381 e. The summed E-state index contributed by atoms with van der Waals surface area (Å²) < 4.78 is 5.41. The van der Waals surface area contributed by atoms with Gasteiger partial charge in [-0.15, -0.1) is 0 Å². The third-order valence-electron chi connectivity index (χ3n) is 4.22. The van der Waals surface area contributed by atoms with Crippen LogP contribution in [0.25, 0.3) is 10.9 Å². The van der Waals surface area contributed by atoms with Crippen molar-refractivity contribution in [3.05, 3.63) is 35.5 Å². The van der Waals surface area contributed by atoms with E-state index in [0.29, 0.717) is 6.04 Å². The Labute approximate surface area is 132 Å². The third kappa shape index (κ3) is 3.39. The third-order valence-corrected chi connectivity index (χ3v) is 4.22. The van der Waals surface area contributed by atoms with E-state index in [9.17, 15) is 0 Å². The Kier molecular flexibility index (Phi) is 4.60. The molecule has 0 saturated carbocycles. The van der Waals surface area contributed by atoms with Gasteiger partial charge in [0.2, 0.25) is 0 Å². The van der Waals surface area contributed by atoms with Gasteiger partial charge in [0.25, 0.3) is 0 Å². The highest BCUT2D eigenvalue weighted by Gasteiger charge is 2.14. The summed E-state index contributed by atoms with van der Waals surface area (Å²) in [5.74, 6) is 0. The van der Waals surface area contributed by atoms with Crippen molar-refractivity contribution in [2.24, 2.45) is 0 Å². The number of morpholine rings is 1. The fourth-order valence-corrected chi connectivity index (χ4v) is 3.22. The number of rotatable bonds is 4. The van der Waals surface area contributed by atoms with Gasteiger partial charge in [-0.1, -0.05) is 11.6 Å². The van der Waals surface area contributed by atoms with Crippen molar-refractivity contribution < 1.29 is 4.74 Å². The van der Waals surface area contributed by atoms with E-state index < -0.39 is 0 Å². The number of pyridine rings is 1. The first-order valence-electron chi connectivity index (χ1n) is 8.06. The molecule has 2 aromatic rings. The molecule has 0 radical (unpaired) electrons. The fraction of sp³-hybridized carbons (Fsp3) is 0.500. The second kappa shape index (κ2) is 6.63. The van der Waals surface area contributed by atoms with Crippen LogP contribution >= 0.6 is 0 Å². The van der Waals surface area contributed by atoms with Crippen molar-refractivity contribution in [1.82, 2.24) is 9.88 Å². The lowest BCUT2D eigenvalue weighted by Gasteiger charge is -2.30. The van der Waals surface area contributed by atoms with Gasteiger partial charge in [0.05, 0.1) is 18.7 Å². The smallest absolute Gasteiger partial charge is 0.0752 e. The highest BCUT2D eigenvalue weighted by Crippen LogP contribution is 2.26. The van der Waals surface area contributed by atoms with Crippen LogP contribution in [0.1, 0.15) is 18.1 Å². The summed E-state index contributed by atoms with van der Waals surface area (Å²) >= 11 is 0. The van der Waals surface area contributed by atoms with Crippen molar-refractivity contribution in [3.8, 4) is 0 Å². The van der Waals surface area contributed by atoms with Gasteiger partial charge in [-0.05, 0) is 38.5 Å². The minimum Gasteiger partial charge on any atom is -0.381 e. The maximum atomic E-state index is 5.41. The van der Waals surface area contributed by atoms with Crippen molar-refractivity contribution in [2.45, 2.75) is 26.8 Å². The Morgan fingerprint density at radius 2 is 2.05 bits per heavy atom. The van der Waals surface area contributed by atoms with Crippen LogP contribution in [-0.2, 0) is 4.74 Å². The molecule has 1 aromatic carbocycles. The second-order valence-corrected chi connectivity index (χ2v) is 6.29. The van der Waals surface area contributed by atoms with Gasteiger partial charge in [0.15, 0.2) is 0 Å². The molecule has 3 rings (SSSR count). The van der Waals surface area contributed by atoms with Crippen LogP contribution < -0.4 is 5.32 Å². The number of nitrogens with one attached hydrogen (secondary N) is 1. The number of aryl methyl sites for hydroxylation is 2. The Morgan fingerprint density at radius 1 is 1.27 bits per heavy atom. The van der Waals surface area contributed by atoms with E-state index in [0.717, 1.165) is 38.4 Å². The Balaban J connectivity index is 1.78. The van der Waals surface area contributed by atoms with E-state index >= 15 is 0 Å². The lowest BCUT2D eigenvalue weighted by molar-refractivity contribution is 0.0368. The van der Waals surface area contributed by atoms with Gasteiger partial charge >= 0.3 is 0 Å². The SMILES string of the molecule is Cc1cc(C)c2nccc(NC(C)CN3CCOCC3)c2c1. The standard InChI is InChI=1S/C18H25N3O/c1-13-10-14(2)18-16(11-13)17(4-5-19-18)20-15(3)12-21-6-8-22-9-7-21/h4-5,10-11,15H,6-9,12H2,1-3H3,(H,19,20). The molecule has 0 bridgehead atoms. The van der Waals surface area contributed by atoms with E-state index in [1.165, 1.54) is 22.2 Å². The number of aromatic nitrogens is 1. The molecule has 0 spiro atoms. The Morgan fingerprint density at radius 3 is 2.82 bits per heavy atom. The fourth-order valence-electron chi connectivity index (χ4n) is 3.22. The molecule has 0 aliphatic carbocycles. The quantitative estimate of drug-likeness (QED) is 0.942. The molecule has 1 N–H and O–H groups in total. The number of nitrogens with zero attached hydrogens (tertiary/aromatic N) is 2. The Hall–Kier alpha value is -1.65. The summed E-state index contributed by atoms with van der Waals surface area (Å²) in [5.41, 5.74) is 4.79. The molecule has 118 valence electrons. The summed E-state index contributed by atoms with van der Waals surface area (Å²) in [6.07, 6.45) is 1.90. The number of hydrogen-bond acceptors (Lipinski definition) is 4. The molecular weight excluding hydrogens is 274 g/mol.